The van der Waals surface area contributed by atoms with Crippen molar-refractivity contribution in [3.05, 3.63) is 105 Å². The molecule has 1 aliphatic rings. The molecule has 1 aromatic heterocycles. The first-order valence-corrected chi connectivity index (χ1v) is 12.9. The molecule has 38 heavy (non-hydrogen) atoms. The first-order valence-electron chi connectivity index (χ1n) is 12.1. The van der Waals surface area contributed by atoms with Gasteiger partial charge >= 0.3 is 0 Å². The van der Waals surface area contributed by atoms with Gasteiger partial charge in [0, 0.05) is 15.9 Å². The summed E-state index contributed by atoms with van der Waals surface area (Å²) in [6.07, 6.45) is 1.47. The van der Waals surface area contributed by atoms with E-state index in [1.165, 1.54) is 6.33 Å². The van der Waals surface area contributed by atoms with Crippen molar-refractivity contribution < 1.29 is 14.3 Å². The smallest absolute Gasteiger partial charge is 0.255 e. The van der Waals surface area contributed by atoms with Crippen LogP contribution in [0.1, 0.15) is 35.2 Å². The Morgan fingerprint density at radius 2 is 1.84 bits per heavy atom. The maximum absolute atomic E-state index is 13.7. The Kier molecular flexibility index (Phi) is 7.20. The maximum atomic E-state index is 13.7. The zero-order valence-electron chi connectivity index (χ0n) is 21.6. The van der Waals surface area contributed by atoms with Gasteiger partial charge in [0.05, 0.1) is 12.7 Å². The quantitative estimate of drug-likeness (QED) is 0.274. The average Bonchev–Trinajstić information content (AvgIpc) is 3.37. The minimum absolute atomic E-state index is 0.220. The highest BCUT2D eigenvalue weighted by atomic mass is 79.9. The van der Waals surface area contributed by atoms with E-state index in [0.717, 1.165) is 32.4 Å². The molecule has 4 aromatic rings. The van der Waals surface area contributed by atoms with Crippen LogP contribution in [0, 0.1) is 13.8 Å². The summed E-state index contributed by atoms with van der Waals surface area (Å²) in [6.45, 7) is 6.27. The van der Waals surface area contributed by atoms with Crippen LogP contribution >= 0.6 is 15.9 Å². The number of nitrogens with zero attached hydrogens (tertiary/aromatic N) is 3. The SMILES string of the molecule is COc1cc(C2C(C(=O)Nc3ccc(C)cc3C)=C(C)Nc3ncnn32)ccc1OCc1ccc(Br)cc1. The number of hydrogen-bond donors (Lipinski definition) is 2. The first-order chi connectivity index (χ1) is 18.3. The van der Waals surface area contributed by atoms with E-state index in [4.69, 9.17) is 9.47 Å². The lowest BCUT2D eigenvalue weighted by molar-refractivity contribution is -0.113. The molecule has 1 unspecified atom stereocenters. The van der Waals surface area contributed by atoms with E-state index in [1.54, 1.807) is 11.8 Å². The van der Waals surface area contributed by atoms with Crippen LogP contribution < -0.4 is 20.1 Å². The second-order valence-corrected chi connectivity index (χ2v) is 10.1. The average molecular weight is 574 g/mol. The Morgan fingerprint density at radius 3 is 2.58 bits per heavy atom. The summed E-state index contributed by atoms with van der Waals surface area (Å²) in [6, 6.07) is 19.1. The van der Waals surface area contributed by atoms with Gasteiger partial charge in [-0.15, -0.1) is 0 Å². The minimum atomic E-state index is -0.520. The van der Waals surface area contributed by atoms with Crippen LogP contribution in [0.4, 0.5) is 11.6 Å². The lowest BCUT2D eigenvalue weighted by atomic mass is 9.94. The van der Waals surface area contributed by atoms with Gasteiger partial charge in [0.1, 0.15) is 19.0 Å². The van der Waals surface area contributed by atoms with Gasteiger partial charge in [-0.2, -0.15) is 10.1 Å². The van der Waals surface area contributed by atoms with Gasteiger partial charge in [0.25, 0.3) is 5.91 Å². The van der Waals surface area contributed by atoms with Crippen LogP contribution in [-0.2, 0) is 11.4 Å². The van der Waals surface area contributed by atoms with Gasteiger partial charge < -0.3 is 20.1 Å². The number of carbonyl (C=O) groups excluding carboxylic acids is 1. The molecule has 1 aliphatic heterocycles. The third kappa shape index (κ3) is 5.15. The van der Waals surface area contributed by atoms with E-state index in [0.29, 0.717) is 35.3 Å². The number of benzene rings is 3. The number of hydrogen-bond acceptors (Lipinski definition) is 6. The molecule has 2 N–H and O–H groups in total. The fourth-order valence-corrected chi connectivity index (χ4v) is 4.82. The van der Waals surface area contributed by atoms with E-state index < -0.39 is 6.04 Å². The molecule has 1 atom stereocenters. The summed E-state index contributed by atoms with van der Waals surface area (Å²) in [5.74, 6) is 1.51. The van der Waals surface area contributed by atoms with Crippen LogP contribution in [0.2, 0.25) is 0 Å². The zero-order chi connectivity index (χ0) is 26.8. The highest BCUT2D eigenvalue weighted by molar-refractivity contribution is 9.10. The number of amides is 1. The standard InChI is InChI=1S/C29H28BrN5O3/c1-17-5-11-23(18(2)13-17)34-28(36)26-19(3)33-29-31-16-32-35(29)27(26)21-8-12-24(25(14-21)37-4)38-15-20-6-9-22(30)10-7-20/h5-14,16,27H,15H2,1-4H3,(H,34,36)(H,31,32,33). The van der Waals surface area contributed by atoms with Crippen molar-refractivity contribution >= 4 is 33.5 Å². The molecule has 9 heteroatoms. The largest absolute Gasteiger partial charge is 0.493 e. The molecular formula is C29H28BrN5O3. The third-order valence-electron chi connectivity index (χ3n) is 6.48. The van der Waals surface area contributed by atoms with Crippen molar-refractivity contribution in [3.63, 3.8) is 0 Å². The fraction of sp³-hybridized carbons (Fsp3) is 0.207. The summed E-state index contributed by atoms with van der Waals surface area (Å²) in [5.41, 5.74) is 5.98. The number of rotatable bonds is 7. The summed E-state index contributed by atoms with van der Waals surface area (Å²) in [5, 5.41) is 10.7. The number of halogens is 1. The lowest BCUT2D eigenvalue weighted by Crippen LogP contribution is -2.31. The molecule has 0 fully saturated rings. The normalized spacial score (nSPS) is 14.5. The molecule has 2 heterocycles. The van der Waals surface area contributed by atoms with Gasteiger partial charge in [-0.1, -0.05) is 51.8 Å². The van der Waals surface area contributed by atoms with Gasteiger partial charge in [0.2, 0.25) is 5.95 Å². The van der Waals surface area contributed by atoms with Gasteiger partial charge in [0.15, 0.2) is 11.5 Å². The van der Waals surface area contributed by atoms with Crippen molar-refractivity contribution in [2.24, 2.45) is 0 Å². The van der Waals surface area contributed by atoms with Crippen molar-refractivity contribution in [2.75, 3.05) is 17.7 Å². The highest BCUT2D eigenvalue weighted by Crippen LogP contribution is 2.39. The van der Waals surface area contributed by atoms with E-state index in [1.807, 2.05) is 81.4 Å². The number of anilines is 2. The Morgan fingerprint density at radius 1 is 1.05 bits per heavy atom. The fourth-order valence-electron chi connectivity index (χ4n) is 4.55. The number of methoxy groups -OCH3 is 1. The number of nitrogens with one attached hydrogen (secondary N) is 2. The van der Waals surface area contributed by atoms with Crippen LogP contribution in [0.5, 0.6) is 11.5 Å². The summed E-state index contributed by atoms with van der Waals surface area (Å²) in [7, 11) is 1.60. The summed E-state index contributed by atoms with van der Waals surface area (Å²) in [4.78, 5) is 18.0. The molecule has 0 aliphatic carbocycles. The van der Waals surface area contributed by atoms with Crippen LogP contribution in [0.25, 0.3) is 0 Å². The summed E-state index contributed by atoms with van der Waals surface area (Å²) < 4.78 is 14.5. The topological polar surface area (TPSA) is 90.3 Å². The van der Waals surface area contributed by atoms with Crippen molar-refractivity contribution in [3.8, 4) is 11.5 Å². The number of carbonyl (C=O) groups is 1. The Bertz CT molecular complexity index is 1530. The Labute approximate surface area is 229 Å². The van der Waals surface area contributed by atoms with Crippen LogP contribution in [-0.4, -0.2) is 27.8 Å². The second-order valence-electron chi connectivity index (χ2n) is 9.19. The third-order valence-corrected chi connectivity index (χ3v) is 7.01. The van der Waals surface area contributed by atoms with Gasteiger partial charge in [-0.25, -0.2) is 4.68 Å². The Hall–Kier alpha value is -4.11. The highest BCUT2D eigenvalue weighted by Gasteiger charge is 2.34. The molecule has 0 spiro atoms. The number of allylic oxidation sites excluding steroid dienone is 1. The van der Waals surface area contributed by atoms with Crippen molar-refractivity contribution in [2.45, 2.75) is 33.4 Å². The van der Waals surface area contributed by atoms with Gasteiger partial charge in [-0.3, -0.25) is 4.79 Å². The molecule has 0 saturated carbocycles. The molecular weight excluding hydrogens is 546 g/mol. The van der Waals surface area contributed by atoms with E-state index in [-0.39, 0.29) is 5.91 Å². The predicted molar refractivity (Wildman–Crippen MR) is 150 cm³/mol. The zero-order valence-corrected chi connectivity index (χ0v) is 23.2. The molecule has 194 valence electrons. The number of ether oxygens (including phenoxy) is 2. The van der Waals surface area contributed by atoms with Crippen LogP contribution in [0.15, 0.2) is 82.7 Å². The van der Waals surface area contributed by atoms with Gasteiger partial charge in [-0.05, 0) is 67.8 Å². The first kappa shape index (κ1) is 25.5. The molecule has 0 bridgehead atoms. The second kappa shape index (κ2) is 10.7. The van der Waals surface area contributed by atoms with E-state index in [2.05, 4.69) is 36.6 Å². The predicted octanol–water partition coefficient (Wildman–Crippen LogP) is 6.17. The molecule has 8 nitrogen and oxygen atoms in total. The van der Waals surface area contributed by atoms with E-state index in [9.17, 15) is 4.79 Å². The van der Waals surface area contributed by atoms with Crippen molar-refractivity contribution in [1.82, 2.24) is 14.8 Å². The molecule has 1 amide bonds. The molecule has 5 rings (SSSR count). The minimum Gasteiger partial charge on any atom is -0.493 e. The monoisotopic (exact) mass is 573 g/mol. The van der Waals surface area contributed by atoms with Crippen molar-refractivity contribution in [1.29, 1.82) is 0 Å². The lowest BCUT2D eigenvalue weighted by Gasteiger charge is -2.29. The maximum Gasteiger partial charge on any atom is 0.255 e. The summed E-state index contributed by atoms with van der Waals surface area (Å²) >= 11 is 3.45. The Balaban J connectivity index is 1.47. The molecule has 0 saturated heterocycles. The number of aromatic nitrogens is 3. The number of aryl methyl sites for hydroxylation is 2. The molecule has 3 aromatic carbocycles. The van der Waals surface area contributed by atoms with E-state index >= 15 is 0 Å². The number of fused-ring (bicyclic) bond motifs is 1. The molecule has 0 radical (unpaired) electrons. The van der Waals surface area contributed by atoms with Crippen LogP contribution in [0.3, 0.4) is 0 Å².